The number of aryl methyl sites for hydroxylation is 1. The molecule has 132 valence electrons. The highest BCUT2D eigenvalue weighted by Crippen LogP contribution is 2.23. The van der Waals surface area contributed by atoms with Crippen molar-refractivity contribution in [3.05, 3.63) is 59.7 Å². The lowest BCUT2D eigenvalue weighted by Crippen LogP contribution is -2.36. The smallest absolute Gasteiger partial charge is 0.342 e. The third-order valence-corrected chi connectivity index (χ3v) is 3.65. The fourth-order valence-electron chi connectivity index (χ4n) is 2.32. The molecule has 2 aromatic carbocycles. The van der Waals surface area contributed by atoms with Gasteiger partial charge in [-0.2, -0.15) is 0 Å². The van der Waals surface area contributed by atoms with Gasteiger partial charge in [0, 0.05) is 12.1 Å². The number of carbonyl (C=O) groups excluding carboxylic acids is 2. The van der Waals surface area contributed by atoms with Crippen molar-refractivity contribution in [2.75, 3.05) is 6.61 Å². The highest BCUT2D eigenvalue weighted by Gasteiger charge is 2.15. The molecule has 6 heteroatoms. The van der Waals surface area contributed by atoms with Crippen LogP contribution in [0.5, 0.6) is 11.5 Å². The molecule has 2 aromatic rings. The average molecular weight is 343 g/mol. The Morgan fingerprint density at radius 1 is 1.12 bits per heavy atom. The number of carbonyl (C=O) groups is 2. The van der Waals surface area contributed by atoms with E-state index in [4.69, 9.17) is 4.74 Å². The van der Waals surface area contributed by atoms with E-state index in [0.29, 0.717) is 0 Å². The molecule has 0 fully saturated rings. The molecular weight excluding hydrogens is 322 g/mol. The molecule has 0 aliphatic carbocycles. The maximum atomic E-state index is 11.8. The van der Waals surface area contributed by atoms with Crippen molar-refractivity contribution in [2.24, 2.45) is 0 Å². The van der Waals surface area contributed by atoms with Gasteiger partial charge in [-0.15, -0.1) is 0 Å². The summed E-state index contributed by atoms with van der Waals surface area (Å²) in [4.78, 5) is 23.7. The molecule has 0 unspecified atom stereocenters. The highest BCUT2D eigenvalue weighted by atomic mass is 16.5. The van der Waals surface area contributed by atoms with Gasteiger partial charge in [0.2, 0.25) is 0 Å². The van der Waals surface area contributed by atoms with Crippen molar-refractivity contribution in [2.45, 2.75) is 25.8 Å². The molecule has 0 bridgehead atoms. The maximum Gasteiger partial charge on any atom is 0.342 e. The van der Waals surface area contributed by atoms with E-state index in [-0.39, 0.29) is 17.4 Å². The second kappa shape index (κ2) is 8.73. The lowest BCUT2D eigenvalue weighted by molar-refractivity contribution is -0.124. The molecule has 0 saturated carbocycles. The molecular formula is C19H21NO5. The molecule has 0 aromatic heterocycles. The van der Waals surface area contributed by atoms with Gasteiger partial charge in [-0.25, -0.2) is 4.79 Å². The van der Waals surface area contributed by atoms with Gasteiger partial charge in [-0.1, -0.05) is 30.3 Å². The maximum absolute atomic E-state index is 11.8. The molecule has 0 saturated heterocycles. The summed E-state index contributed by atoms with van der Waals surface area (Å²) in [5.41, 5.74) is 1.08. The summed E-state index contributed by atoms with van der Waals surface area (Å²) < 4.78 is 4.88. The van der Waals surface area contributed by atoms with Crippen molar-refractivity contribution in [3.8, 4) is 11.5 Å². The number of nitrogens with one attached hydrogen (secondary N) is 1. The van der Waals surface area contributed by atoms with Crippen molar-refractivity contribution < 1.29 is 24.5 Å². The van der Waals surface area contributed by atoms with Crippen LogP contribution in [-0.4, -0.2) is 34.7 Å². The summed E-state index contributed by atoms with van der Waals surface area (Å²) in [6.07, 6.45) is 1.60. The Balaban J connectivity index is 1.75. The number of benzene rings is 2. The topological polar surface area (TPSA) is 95.9 Å². The Labute approximate surface area is 146 Å². The van der Waals surface area contributed by atoms with E-state index in [1.54, 1.807) is 0 Å². The first-order valence-corrected chi connectivity index (χ1v) is 7.98. The van der Waals surface area contributed by atoms with Gasteiger partial charge in [-0.3, -0.25) is 4.79 Å². The molecule has 0 aliphatic rings. The van der Waals surface area contributed by atoms with E-state index >= 15 is 0 Å². The van der Waals surface area contributed by atoms with Crippen LogP contribution >= 0.6 is 0 Å². The van der Waals surface area contributed by atoms with Gasteiger partial charge in [0.1, 0.15) is 17.1 Å². The summed E-state index contributed by atoms with van der Waals surface area (Å²) in [5, 5.41) is 21.5. The number of phenolic OH excluding ortho intramolecular Hbond substituents is 2. The Morgan fingerprint density at radius 2 is 1.84 bits per heavy atom. The van der Waals surface area contributed by atoms with Crippen LogP contribution in [0.25, 0.3) is 0 Å². The average Bonchev–Trinajstić information content (AvgIpc) is 2.59. The number of esters is 1. The van der Waals surface area contributed by atoms with Crippen LogP contribution < -0.4 is 5.32 Å². The minimum atomic E-state index is -0.829. The van der Waals surface area contributed by atoms with Crippen LogP contribution in [0.2, 0.25) is 0 Å². The first-order chi connectivity index (χ1) is 12.0. The van der Waals surface area contributed by atoms with Crippen LogP contribution in [0.15, 0.2) is 48.5 Å². The summed E-state index contributed by atoms with van der Waals surface area (Å²) in [6.45, 7) is 1.45. The van der Waals surface area contributed by atoms with Gasteiger partial charge in [-0.05, 0) is 37.5 Å². The van der Waals surface area contributed by atoms with Crippen molar-refractivity contribution in [1.29, 1.82) is 0 Å². The first kappa shape index (κ1) is 18.3. The Hall–Kier alpha value is -3.02. The lowest BCUT2D eigenvalue weighted by atomic mass is 10.1. The summed E-state index contributed by atoms with van der Waals surface area (Å²) in [7, 11) is 0. The van der Waals surface area contributed by atoms with Crippen molar-refractivity contribution in [3.63, 3.8) is 0 Å². The molecule has 1 atom stereocenters. The molecule has 25 heavy (non-hydrogen) atoms. The van der Waals surface area contributed by atoms with E-state index in [0.717, 1.165) is 18.9 Å². The molecule has 0 radical (unpaired) electrons. The zero-order valence-corrected chi connectivity index (χ0v) is 13.9. The summed E-state index contributed by atoms with van der Waals surface area (Å²) in [6, 6.07) is 13.4. The predicted molar refractivity (Wildman–Crippen MR) is 92.4 cm³/mol. The van der Waals surface area contributed by atoms with Crippen LogP contribution in [0, 0.1) is 0 Å². The number of ether oxygens (including phenoxy) is 1. The molecule has 1 amide bonds. The number of phenols is 2. The van der Waals surface area contributed by atoms with E-state index in [1.807, 2.05) is 37.3 Å². The van der Waals surface area contributed by atoms with Crippen LogP contribution in [0.4, 0.5) is 0 Å². The van der Waals surface area contributed by atoms with Gasteiger partial charge < -0.3 is 20.3 Å². The van der Waals surface area contributed by atoms with E-state index < -0.39 is 24.2 Å². The van der Waals surface area contributed by atoms with Crippen LogP contribution in [0.3, 0.4) is 0 Å². The van der Waals surface area contributed by atoms with E-state index in [9.17, 15) is 19.8 Å². The monoisotopic (exact) mass is 343 g/mol. The highest BCUT2D eigenvalue weighted by molar-refractivity contribution is 5.94. The fraction of sp³-hybridized carbons (Fsp3) is 0.263. The second-order valence-electron chi connectivity index (χ2n) is 5.77. The van der Waals surface area contributed by atoms with Gasteiger partial charge in [0.15, 0.2) is 6.61 Å². The van der Waals surface area contributed by atoms with E-state index in [1.165, 1.54) is 17.7 Å². The minimum Gasteiger partial charge on any atom is -0.508 e. The van der Waals surface area contributed by atoms with Crippen LogP contribution in [0.1, 0.15) is 29.3 Å². The predicted octanol–water partition coefficient (Wildman–Crippen LogP) is 2.39. The zero-order chi connectivity index (χ0) is 18.2. The molecule has 0 aliphatic heterocycles. The Morgan fingerprint density at radius 3 is 2.52 bits per heavy atom. The number of hydrogen-bond donors (Lipinski definition) is 3. The summed E-state index contributed by atoms with van der Waals surface area (Å²) in [5.74, 6) is -1.81. The van der Waals surface area contributed by atoms with Gasteiger partial charge in [0.05, 0.1) is 0 Å². The molecule has 3 N–H and O–H groups in total. The molecule has 2 rings (SSSR count). The number of amides is 1. The Bertz CT molecular complexity index is 730. The second-order valence-corrected chi connectivity index (χ2v) is 5.77. The molecule has 6 nitrogen and oxygen atoms in total. The normalized spacial score (nSPS) is 11.6. The van der Waals surface area contributed by atoms with Crippen LogP contribution in [-0.2, 0) is 16.0 Å². The quantitative estimate of drug-likeness (QED) is 0.671. The standard InChI is InChI=1S/C19H21NO5/c1-13(7-8-14-5-3-2-4-6-14)20-18(23)12-25-19(24)16-10-9-15(21)11-17(16)22/h2-6,9-11,13,21-22H,7-8,12H2,1H3,(H,20,23)/t13-/m0/s1. The third-order valence-electron chi connectivity index (χ3n) is 3.65. The SMILES string of the molecule is C[C@@H](CCc1ccccc1)NC(=O)COC(=O)c1ccc(O)cc1O. The first-order valence-electron chi connectivity index (χ1n) is 7.98. The molecule has 0 spiro atoms. The summed E-state index contributed by atoms with van der Waals surface area (Å²) >= 11 is 0. The number of rotatable bonds is 7. The van der Waals surface area contributed by atoms with Gasteiger partial charge >= 0.3 is 5.97 Å². The van der Waals surface area contributed by atoms with Crippen molar-refractivity contribution in [1.82, 2.24) is 5.32 Å². The third kappa shape index (κ3) is 5.84. The van der Waals surface area contributed by atoms with Gasteiger partial charge in [0.25, 0.3) is 5.91 Å². The van der Waals surface area contributed by atoms with Crippen molar-refractivity contribution >= 4 is 11.9 Å². The number of hydrogen-bond acceptors (Lipinski definition) is 5. The fourth-order valence-corrected chi connectivity index (χ4v) is 2.32. The van der Waals surface area contributed by atoms with E-state index in [2.05, 4.69) is 5.32 Å². The molecule has 0 heterocycles. The Kier molecular flexibility index (Phi) is 6.39. The zero-order valence-electron chi connectivity index (χ0n) is 13.9. The minimum absolute atomic E-state index is 0.0616. The lowest BCUT2D eigenvalue weighted by Gasteiger charge is -2.14. The largest absolute Gasteiger partial charge is 0.508 e. The number of aromatic hydroxyl groups is 2.